The molecule has 0 aromatic carbocycles. The molecule has 0 saturated heterocycles. The number of aryl methyl sites for hydroxylation is 1. The minimum Gasteiger partial charge on any atom is -0.485 e. The first kappa shape index (κ1) is 15.3. The number of hydrogen-bond donors (Lipinski definition) is 1. The van der Waals surface area contributed by atoms with E-state index in [0.717, 1.165) is 15.6 Å². The second kappa shape index (κ2) is 6.26. The lowest BCUT2D eigenvalue weighted by atomic mass is 10.2. The number of hydrogen-bond acceptors (Lipinski definition) is 6. The fraction of sp³-hybridized carbons (Fsp3) is 0.467. The van der Waals surface area contributed by atoms with Crippen LogP contribution in [0.15, 0.2) is 5.38 Å². The third-order valence-corrected chi connectivity index (χ3v) is 5.72. The van der Waals surface area contributed by atoms with Gasteiger partial charge >= 0.3 is 0 Å². The summed E-state index contributed by atoms with van der Waals surface area (Å²) in [5.41, 5.74) is 0.988. The maximum atomic E-state index is 12.4. The van der Waals surface area contributed by atoms with Crippen molar-refractivity contribution in [1.82, 2.24) is 10.3 Å². The van der Waals surface area contributed by atoms with Gasteiger partial charge in [0, 0.05) is 16.2 Å². The molecule has 3 rings (SSSR count). The lowest BCUT2D eigenvalue weighted by Gasteiger charge is -2.15. The van der Waals surface area contributed by atoms with Crippen molar-refractivity contribution < 1.29 is 14.3 Å². The Morgan fingerprint density at radius 1 is 1.41 bits per heavy atom. The van der Waals surface area contributed by atoms with E-state index in [2.05, 4.69) is 24.1 Å². The van der Waals surface area contributed by atoms with Crippen molar-refractivity contribution in [3.8, 4) is 11.5 Å². The number of fused-ring (bicyclic) bond motifs is 1. The Bertz CT molecular complexity index is 691. The molecule has 0 radical (unpaired) electrons. The third-order valence-electron chi connectivity index (χ3n) is 3.32. The van der Waals surface area contributed by atoms with Gasteiger partial charge in [-0.15, -0.1) is 22.7 Å². The van der Waals surface area contributed by atoms with Crippen LogP contribution in [0.2, 0.25) is 0 Å². The van der Waals surface area contributed by atoms with Crippen LogP contribution in [-0.2, 0) is 6.54 Å². The molecule has 0 fully saturated rings. The largest absolute Gasteiger partial charge is 0.485 e. The molecule has 0 saturated carbocycles. The van der Waals surface area contributed by atoms with Crippen LogP contribution >= 0.6 is 22.7 Å². The lowest BCUT2D eigenvalue weighted by Crippen LogP contribution is -2.23. The standard InChI is InChI=1S/C15H18N2O3S2/c1-8(2)15-17-9(3)11(22-15)6-16-14(18)13-12-10(7-21-13)19-4-5-20-12/h7-8H,4-6H2,1-3H3,(H,16,18). The van der Waals surface area contributed by atoms with Crippen molar-refractivity contribution in [2.75, 3.05) is 13.2 Å². The molecule has 0 unspecified atom stereocenters. The van der Waals surface area contributed by atoms with E-state index in [1.165, 1.54) is 11.3 Å². The van der Waals surface area contributed by atoms with Crippen LogP contribution in [-0.4, -0.2) is 24.1 Å². The summed E-state index contributed by atoms with van der Waals surface area (Å²) in [6.07, 6.45) is 0. The van der Waals surface area contributed by atoms with Gasteiger partial charge in [0.2, 0.25) is 0 Å². The van der Waals surface area contributed by atoms with Crippen molar-refractivity contribution >= 4 is 28.6 Å². The number of aromatic nitrogens is 1. The van der Waals surface area contributed by atoms with E-state index in [1.54, 1.807) is 11.3 Å². The van der Waals surface area contributed by atoms with Crippen LogP contribution in [0.25, 0.3) is 0 Å². The van der Waals surface area contributed by atoms with Crippen molar-refractivity contribution in [3.05, 3.63) is 25.8 Å². The Morgan fingerprint density at radius 3 is 2.91 bits per heavy atom. The molecule has 0 bridgehead atoms. The van der Waals surface area contributed by atoms with Gasteiger partial charge in [-0.3, -0.25) is 4.79 Å². The number of ether oxygens (including phenoxy) is 2. The van der Waals surface area contributed by atoms with Gasteiger partial charge in [0.25, 0.3) is 5.91 Å². The van der Waals surface area contributed by atoms with Gasteiger partial charge in [0.1, 0.15) is 18.1 Å². The molecule has 1 amide bonds. The second-order valence-corrected chi connectivity index (χ2v) is 7.35. The Morgan fingerprint density at radius 2 is 2.18 bits per heavy atom. The van der Waals surface area contributed by atoms with Crippen molar-refractivity contribution in [3.63, 3.8) is 0 Å². The number of carbonyl (C=O) groups excluding carboxylic acids is 1. The number of carbonyl (C=O) groups is 1. The van der Waals surface area contributed by atoms with E-state index >= 15 is 0 Å². The summed E-state index contributed by atoms with van der Waals surface area (Å²) >= 11 is 3.01. The van der Waals surface area contributed by atoms with E-state index in [-0.39, 0.29) is 5.91 Å². The van der Waals surface area contributed by atoms with Gasteiger partial charge in [-0.25, -0.2) is 4.98 Å². The summed E-state index contributed by atoms with van der Waals surface area (Å²) in [7, 11) is 0. The van der Waals surface area contributed by atoms with E-state index in [0.29, 0.717) is 42.1 Å². The number of nitrogens with zero attached hydrogens (tertiary/aromatic N) is 1. The summed E-state index contributed by atoms with van der Waals surface area (Å²) < 4.78 is 11.0. The number of nitrogens with one attached hydrogen (secondary N) is 1. The highest BCUT2D eigenvalue weighted by molar-refractivity contribution is 7.13. The predicted octanol–water partition coefficient (Wildman–Crippen LogP) is 3.34. The van der Waals surface area contributed by atoms with Crippen LogP contribution in [0, 0.1) is 6.92 Å². The average molecular weight is 338 g/mol. The molecule has 0 aliphatic carbocycles. The fourth-order valence-electron chi connectivity index (χ4n) is 2.12. The molecule has 2 aromatic rings. The molecular weight excluding hydrogens is 320 g/mol. The first-order valence-electron chi connectivity index (χ1n) is 7.17. The van der Waals surface area contributed by atoms with Crippen LogP contribution in [0.5, 0.6) is 11.5 Å². The van der Waals surface area contributed by atoms with Crippen molar-refractivity contribution in [2.24, 2.45) is 0 Å². The van der Waals surface area contributed by atoms with Gasteiger partial charge in [-0.2, -0.15) is 0 Å². The molecule has 2 aromatic heterocycles. The summed E-state index contributed by atoms with van der Waals surface area (Å²) in [4.78, 5) is 18.6. The van der Waals surface area contributed by atoms with E-state index in [9.17, 15) is 4.79 Å². The highest BCUT2D eigenvalue weighted by Crippen LogP contribution is 2.39. The van der Waals surface area contributed by atoms with Crippen LogP contribution in [0.1, 0.15) is 45.0 Å². The van der Waals surface area contributed by atoms with E-state index in [1.807, 2.05) is 12.3 Å². The van der Waals surface area contributed by atoms with Crippen LogP contribution in [0.3, 0.4) is 0 Å². The van der Waals surface area contributed by atoms with Gasteiger partial charge in [-0.05, 0) is 6.92 Å². The normalized spacial score (nSPS) is 13.5. The SMILES string of the molecule is Cc1nc(C(C)C)sc1CNC(=O)c1scc2c1OCCO2. The van der Waals surface area contributed by atoms with Gasteiger partial charge in [-0.1, -0.05) is 13.8 Å². The Balaban J connectivity index is 1.69. The van der Waals surface area contributed by atoms with E-state index < -0.39 is 0 Å². The highest BCUT2D eigenvalue weighted by Gasteiger charge is 2.23. The average Bonchev–Trinajstić information content (AvgIpc) is 3.08. The third kappa shape index (κ3) is 2.96. The predicted molar refractivity (Wildman–Crippen MR) is 87.4 cm³/mol. The molecule has 1 N–H and O–H groups in total. The Labute approximate surface area is 137 Å². The molecule has 22 heavy (non-hydrogen) atoms. The van der Waals surface area contributed by atoms with Crippen LogP contribution in [0.4, 0.5) is 0 Å². The molecule has 3 heterocycles. The molecule has 7 heteroatoms. The first-order valence-corrected chi connectivity index (χ1v) is 8.87. The molecule has 1 aliphatic heterocycles. The van der Waals surface area contributed by atoms with Crippen molar-refractivity contribution in [2.45, 2.75) is 33.2 Å². The highest BCUT2D eigenvalue weighted by atomic mass is 32.1. The minimum absolute atomic E-state index is 0.129. The second-order valence-electron chi connectivity index (χ2n) is 5.35. The monoisotopic (exact) mass is 338 g/mol. The molecule has 118 valence electrons. The maximum absolute atomic E-state index is 12.4. The van der Waals surface area contributed by atoms with Gasteiger partial charge in [0.05, 0.1) is 17.2 Å². The zero-order chi connectivity index (χ0) is 15.7. The topological polar surface area (TPSA) is 60.5 Å². The summed E-state index contributed by atoms with van der Waals surface area (Å²) in [6, 6.07) is 0. The summed E-state index contributed by atoms with van der Waals surface area (Å²) in [6.45, 7) is 7.72. The van der Waals surface area contributed by atoms with E-state index in [4.69, 9.17) is 9.47 Å². The summed E-state index contributed by atoms with van der Waals surface area (Å²) in [5.74, 6) is 1.51. The molecule has 0 atom stereocenters. The van der Waals surface area contributed by atoms with Gasteiger partial charge < -0.3 is 14.8 Å². The number of amides is 1. The number of thiazole rings is 1. The number of rotatable bonds is 4. The summed E-state index contributed by atoms with van der Waals surface area (Å²) in [5, 5.41) is 5.87. The molecule has 1 aliphatic rings. The first-order chi connectivity index (χ1) is 10.6. The molecular formula is C15H18N2O3S2. The zero-order valence-corrected chi connectivity index (χ0v) is 14.4. The fourth-order valence-corrected chi connectivity index (χ4v) is 3.98. The molecule has 0 spiro atoms. The van der Waals surface area contributed by atoms with Crippen molar-refractivity contribution in [1.29, 1.82) is 0 Å². The van der Waals surface area contributed by atoms with Crippen LogP contribution < -0.4 is 14.8 Å². The minimum atomic E-state index is -0.129. The Kier molecular flexibility index (Phi) is 4.35. The number of thiophene rings is 1. The lowest BCUT2D eigenvalue weighted by molar-refractivity contribution is 0.0946. The van der Waals surface area contributed by atoms with Gasteiger partial charge in [0.15, 0.2) is 11.5 Å². The zero-order valence-electron chi connectivity index (χ0n) is 12.8. The quantitative estimate of drug-likeness (QED) is 0.929. The maximum Gasteiger partial charge on any atom is 0.265 e. The smallest absolute Gasteiger partial charge is 0.265 e. The Hall–Kier alpha value is -1.60. The molecule has 5 nitrogen and oxygen atoms in total.